The van der Waals surface area contributed by atoms with Gasteiger partial charge in [-0.3, -0.25) is 0 Å². The van der Waals surface area contributed by atoms with Crippen LogP contribution in [-0.2, 0) is 0 Å². The highest BCUT2D eigenvalue weighted by Crippen LogP contribution is 2.26. The number of nitrogens with one attached hydrogen (secondary N) is 1. The zero-order valence-corrected chi connectivity index (χ0v) is 11.6. The van der Waals surface area contributed by atoms with Gasteiger partial charge in [0.1, 0.15) is 17.5 Å². The van der Waals surface area contributed by atoms with Gasteiger partial charge in [-0.2, -0.15) is 0 Å². The maximum absolute atomic E-state index is 13.5. The molecule has 0 saturated carbocycles. The first-order valence-electron chi connectivity index (χ1n) is 6.49. The van der Waals surface area contributed by atoms with E-state index < -0.39 is 0 Å². The topological polar surface area (TPSA) is 37.8 Å². The van der Waals surface area contributed by atoms with E-state index in [-0.39, 0.29) is 11.6 Å². The minimum atomic E-state index is -0.350. The van der Waals surface area contributed by atoms with Crippen LogP contribution in [0.25, 0.3) is 22.3 Å². The van der Waals surface area contributed by atoms with Gasteiger partial charge in [0.05, 0.1) is 5.52 Å². The molecule has 1 N–H and O–H groups in total. The number of aromatic nitrogens is 2. The number of fused-ring (bicyclic) bond motifs is 1. The number of hydrogen-bond acceptors (Lipinski definition) is 3. The molecule has 0 unspecified atom stereocenters. The number of rotatable bonds is 2. The fraction of sp³-hybridized carbons (Fsp3) is 0.125. The smallest absolute Gasteiger partial charge is 0.162 e. The Balaban J connectivity index is 2.26. The number of hydrogen-bond donors (Lipinski definition) is 1. The fourth-order valence-electron chi connectivity index (χ4n) is 2.29. The van der Waals surface area contributed by atoms with E-state index in [0.29, 0.717) is 28.1 Å². The van der Waals surface area contributed by atoms with E-state index >= 15 is 0 Å². The van der Waals surface area contributed by atoms with Crippen LogP contribution in [-0.4, -0.2) is 17.0 Å². The average Bonchev–Trinajstić information content (AvgIpc) is 2.45. The van der Waals surface area contributed by atoms with Crippen molar-refractivity contribution < 1.29 is 8.78 Å². The van der Waals surface area contributed by atoms with E-state index in [4.69, 9.17) is 0 Å². The van der Waals surface area contributed by atoms with Crippen LogP contribution in [0.1, 0.15) is 5.56 Å². The fourth-order valence-corrected chi connectivity index (χ4v) is 2.29. The second kappa shape index (κ2) is 5.09. The predicted octanol–water partition coefficient (Wildman–Crippen LogP) is 3.93. The number of nitrogens with zero attached hydrogens (tertiary/aromatic N) is 2. The molecule has 0 fully saturated rings. The standard InChI is InChI=1S/C16H13F2N3/c1-9-5-10(7-12(18)6-9)15-20-14-4-3-11(17)8-13(14)16(19-2)21-15/h3-8H,1-2H3,(H,19,20,21). The average molecular weight is 285 g/mol. The lowest BCUT2D eigenvalue weighted by Gasteiger charge is -2.09. The van der Waals surface area contributed by atoms with Crippen molar-refractivity contribution in [3.05, 3.63) is 53.6 Å². The van der Waals surface area contributed by atoms with E-state index in [2.05, 4.69) is 15.3 Å². The highest BCUT2D eigenvalue weighted by Gasteiger charge is 2.10. The van der Waals surface area contributed by atoms with Gasteiger partial charge >= 0.3 is 0 Å². The largest absolute Gasteiger partial charge is 0.373 e. The number of aryl methyl sites for hydroxylation is 1. The zero-order chi connectivity index (χ0) is 15.0. The molecular weight excluding hydrogens is 272 g/mol. The van der Waals surface area contributed by atoms with Crippen LogP contribution in [0.4, 0.5) is 14.6 Å². The molecule has 3 rings (SSSR count). The number of anilines is 1. The molecule has 1 aromatic heterocycles. The first kappa shape index (κ1) is 13.4. The highest BCUT2D eigenvalue weighted by molar-refractivity contribution is 5.90. The normalized spacial score (nSPS) is 10.9. The van der Waals surface area contributed by atoms with Gasteiger partial charge < -0.3 is 5.32 Å². The van der Waals surface area contributed by atoms with Crippen molar-refractivity contribution in [1.82, 2.24) is 9.97 Å². The van der Waals surface area contributed by atoms with Gasteiger partial charge in [0.2, 0.25) is 0 Å². The Labute approximate surface area is 120 Å². The molecule has 0 amide bonds. The number of halogens is 2. The minimum absolute atomic E-state index is 0.334. The maximum Gasteiger partial charge on any atom is 0.162 e. The molecule has 5 heteroatoms. The minimum Gasteiger partial charge on any atom is -0.373 e. The summed E-state index contributed by atoms with van der Waals surface area (Å²) in [6, 6.07) is 8.95. The van der Waals surface area contributed by atoms with Crippen LogP contribution < -0.4 is 5.32 Å². The lowest BCUT2D eigenvalue weighted by Crippen LogP contribution is -1.99. The monoisotopic (exact) mass is 285 g/mol. The Hall–Kier alpha value is -2.56. The summed E-state index contributed by atoms with van der Waals surface area (Å²) >= 11 is 0. The highest BCUT2D eigenvalue weighted by atomic mass is 19.1. The second-order valence-electron chi connectivity index (χ2n) is 4.82. The molecule has 0 radical (unpaired) electrons. The third-order valence-electron chi connectivity index (χ3n) is 3.19. The SMILES string of the molecule is CNc1nc(-c2cc(C)cc(F)c2)nc2ccc(F)cc12. The third kappa shape index (κ3) is 2.54. The third-order valence-corrected chi connectivity index (χ3v) is 3.19. The number of benzene rings is 2. The Bertz CT molecular complexity index is 811. The molecule has 0 aliphatic rings. The van der Waals surface area contributed by atoms with E-state index in [1.807, 2.05) is 13.0 Å². The molecule has 0 aliphatic carbocycles. The van der Waals surface area contributed by atoms with Crippen molar-refractivity contribution in [3.63, 3.8) is 0 Å². The van der Waals surface area contributed by atoms with E-state index in [1.165, 1.54) is 24.3 Å². The van der Waals surface area contributed by atoms with Gasteiger partial charge in [0.15, 0.2) is 5.82 Å². The van der Waals surface area contributed by atoms with E-state index in [0.717, 1.165) is 5.56 Å². The summed E-state index contributed by atoms with van der Waals surface area (Å²) in [6.45, 7) is 1.81. The molecule has 0 bridgehead atoms. The van der Waals surface area contributed by atoms with Gasteiger partial charge in [-0.15, -0.1) is 0 Å². The van der Waals surface area contributed by atoms with Gasteiger partial charge in [-0.25, -0.2) is 18.7 Å². The van der Waals surface area contributed by atoms with E-state index in [9.17, 15) is 8.78 Å². The molecular formula is C16H13F2N3. The Morgan fingerprint density at radius 3 is 2.48 bits per heavy atom. The lowest BCUT2D eigenvalue weighted by atomic mass is 10.1. The Morgan fingerprint density at radius 1 is 0.952 bits per heavy atom. The van der Waals surface area contributed by atoms with Crippen LogP contribution in [0, 0.1) is 18.6 Å². The summed E-state index contributed by atoms with van der Waals surface area (Å²) in [5.41, 5.74) is 1.99. The summed E-state index contributed by atoms with van der Waals surface area (Å²) in [5.74, 6) is 0.230. The molecule has 1 heterocycles. The summed E-state index contributed by atoms with van der Waals surface area (Å²) in [6.07, 6.45) is 0. The maximum atomic E-state index is 13.5. The van der Waals surface area contributed by atoms with Crippen molar-refractivity contribution in [1.29, 1.82) is 0 Å². The van der Waals surface area contributed by atoms with Crippen molar-refractivity contribution in [2.24, 2.45) is 0 Å². The van der Waals surface area contributed by atoms with E-state index in [1.54, 1.807) is 13.1 Å². The van der Waals surface area contributed by atoms with Crippen molar-refractivity contribution in [2.75, 3.05) is 12.4 Å². The molecule has 3 aromatic rings. The summed E-state index contributed by atoms with van der Waals surface area (Å²) < 4.78 is 26.9. The van der Waals surface area contributed by atoms with Crippen molar-refractivity contribution in [3.8, 4) is 11.4 Å². The Morgan fingerprint density at radius 2 is 1.76 bits per heavy atom. The molecule has 106 valence electrons. The predicted molar refractivity (Wildman–Crippen MR) is 79.2 cm³/mol. The first-order valence-corrected chi connectivity index (χ1v) is 6.49. The van der Waals surface area contributed by atoms with Crippen molar-refractivity contribution >= 4 is 16.7 Å². The summed E-state index contributed by atoms with van der Waals surface area (Å²) in [5, 5.41) is 3.52. The van der Waals surface area contributed by atoms with Gasteiger partial charge in [0, 0.05) is 18.0 Å². The molecule has 0 saturated heterocycles. The molecule has 2 aromatic carbocycles. The molecule has 3 nitrogen and oxygen atoms in total. The molecule has 0 atom stereocenters. The molecule has 0 spiro atoms. The summed E-state index contributed by atoms with van der Waals surface area (Å²) in [4.78, 5) is 8.75. The summed E-state index contributed by atoms with van der Waals surface area (Å²) in [7, 11) is 1.70. The van der Waals surface area contributed by atoms with Crippen LogP contribution in [0.3, 0.4) is 0 Å². The van der Waals surface area contributed by atoms with Gasteiger partial charge in [-0.05, 0) is 48.9 Å². The van der Waals surface area contributed by atoms with Crippen LogP contribution in [0.2, 0.25) is 0 Å². The molecule has 0 aliphatic heterocycles. The quantitative estimate of drug-likeness (QED) is 0.775. The second-order valence-corrected chi connectivity index (χ2v) is 4.82. The molecule has 21 heavy (non-hydrogen) atoms. The lowest BCUT2D eigenvalue weighted by molar-refractivity contribution is 0.627. The van der Waals surface area contributed by atoms with Crippen LogP contribution >= 0.6 is 0 Å². The zero-order valence-electron chi connectivity index (χ0n) is 11.6. The van der Waals surface area contributed by atoms with Gasteiger partial charge in [0.25, 0.3) is 0 Å². The first-order chi connectivity index (χ1) is 10.1. The van der Waals surface area contributed by atoms with Crippen LogP contribution in [0.15, 0.2) is 36.4 Å². The van der Waals surface area contributed by atoms with Gasteiger partial charge in [-0.1, -0.05) is 0 Å². The van der Waals surface area contributed by atoms with Crippen LogP contribution in [0.5, 0.6) is 0 Å². The Kier molecular flexibility index (Phi) is 3.25. The van der Waals surface area contributed by atoms with Crippen molar-refractivity contribution in [2.45, 2.75) is 6.92 Å².